The highest BCUT2D eigenvalue weighted by molar-refractivity contribution is 5.95. The molecule has 0 aliphatic carbocycles. The standard InChI is InChI=1S/C21H23N3O5/c1-22-21(25)12-29-15-8-13(7-14(9-15)26-2)24-17-5-6-23-18-11-20(28-4)19(27-3)10-16(17)18/h5-11H,12H2,1-4H3,(H,22,25)(H,23,24). The lowest BCUT2D eigenvalue weighted by Gasteiger charge is -2.15. The van der Waals surface area contributed by atoms with Crippen LogP contribution in [0.4, 0.5) is 11.4 Å². The Morgan fingerprint density at radius 2 is 1.69 bits per heavy atom. The molecular formula is C21H23N3O5. The van der Waals surface area contributed by atoms with Crippen LogP contribution in [-0.2, 0) is 4.79 Å². The van der Waals surface area contributed by atoms with Crippen molar-refractivity contribution in [2.75, 3.05) is 40.3 Å². The largest absolute Gasteiger partial charge is 0.497 e. The van der Waals surface area contributed by atoms with Crippen molar-refractivity contribution >= 4 is 28.2 Å². The zero-order chi connectivity index (χ0) is 20.8. The highest BCUT2D eigenvalue weighted by Crippen LogP contribution is 2.36. The number of nitrogens with one attached hydrogen (secondary N) is 2. The minimum atomic E-state index is -0.219. The van der Waals surface area contributed by atoms with Crippen LogP contribution in [-0.4, -0.2) is 45.9 Å². The molecule has 1 amide bonds. The molecule has 0 atom stereocenters. The molecule has 2 aromatic carbocycles. The van der Waals surface area contributed by atoms with Crippen molar-refractivity contribution in [3.63, 3.8) is 0 Å². The summed E-state index contributed by atoms with van der Waals surface area (Å²) in [6, 6.07) is 10.9. The molecule has 0 saturated heterocycles. The summed E-state index contributed by atoms with van der Waals surface area (Å²) in [5.74, 6) is 2.10. The molecule has 29 heavy (non-hydrogen) atoms. The molecule has 152 valence electrons. The number of carbonyl (C=O) groups excluding carboxylic acids is 1. The number of rotatable bonds is 8. The number of likely N-dealkylation sites (N-methyl/N-ethyl adjacent to an activating group) is 1. The minimum Gasteiger partial charge on any atom is -0.497 e. The summed E-state index contributed by atoms with van der Waals surface area (Å²) >= 11 is 0. The van der Waals surface area contributed by atoms with E-state index in [9.17, 15) is 4.79 Å². The average molecular weight is 397 g/mol. The number of amides is 1. The molecule has 0 unspecified atom stereocenters. The fourth-order valence-electron chi connectivity index (χ4n) is 2.80. The molecule has 0 aliphatic heterocycles. The summed E-state index contributed by atoms with van der Waals surface area (Å²) in [5, 5.41) is 6.74. The molecule has 8 nitrogen and oxygen atoms in total. The van der Waals surface area contributed by atoms with Gasteiger partial charge in [0.25, 0.3) is 5.91 Å². The van der Waals surface area contributed by atoms with Crippen LogP contribution < -0.4 is 29.6 Å². The monoisotopic (exact) mass is 397 g/mol. The normalized spacial score (nSPS) is 10.3. The molecule has 3 rings (SSSR count). The number of nitrogens with zero attached hydrogens (tertiary/aromatic N) is 1. The molecule has 0 saturated carbocycles. The Kier molecular flexibility index (Phi) is 6.23. The highest BCUT2D eigenvalue weighted by Gasteiger charge is 2.11. The van der Waals surface area contributed by atoms with E-state index >= 15 is 0 Å². The Morgan fingerprint density at radius 1 is 0.966 bits per heavy atom. The molecule has 1 heterocycles. The summed E-state index contributed by atoms with van der Waals surface area (Å²) in [5.41, 5.74) is 2.31. The first-order valence-electron chi connectivity index (χ1n) is 8.88. The van der Waals surface area contributed by atoms with Crippen molar-refractivity contribution in [3.05, 3.63) is 42.6 Å². The van der Waals surface area contributed by atoms with Crippen LogP contribution in [0, 0.1) is 0 Å². The van der Waals surface area contributed by atoms with Gasteiger partial charge in [-0.3, -0.25) is 9.78 Å². The lowest BCUT2D eigenvalue weighted by molar-refractivity contribution is -0.122. The van der Waals surface area contributed by atoms with Gasteiger partial charge in [0.05, 0.1) is 26.8 Å². The Morgan fingerprint density at radius 3 is 2.38 bits per heavy atom. The van der Waals surface area contributed by atoms with Crippen molar-refractivity contribution in [1.29, 1.82) is 0 Å². The summed E-state index contributed by atoms with van der Waals surface area (Å²) in [6.45, 7) is -0.0850. The Hall–Kier alpha value is -3.68. The second-order valence-corrected chi connectivity index (χ2v) is 6.07. The van der Waals surface area contributed by atoms with Gasteiger partial charge in [-0.25, -0.2) is 0 Å². The minimum absolute atomic E-state index is 0.0850. The van der Waals surface area contributed by atoms with Crippen molar-refractivity contribution in [2.45, 2.75) is 0 Å². The molecule has 8 heteroatoms. The molecular weight excluding hydrogens is 374 g/mol. The van der Waals surface area contributed by atoms with E-state index in [2.05, 4.69) is 15.6 Å². The molecule has 0 aliphatic rings. The lowest BCUT2D eigenvalue weighted by Crippen LogP contribution is -2.24. The Labute approximate surface area is 168 Å². The number of methoxy groups -OCH3 is 3. The zero-order valence-electron chi connectivity index (χ0n) is 16.7. The number of hydrogen-bond donors (Lipinski definition) is 2. The maximum absolute atomic E-state index is 11.5. The van der Waals surface area contributed by atoms with E-state index in [1.165, 1.54) is 0 Å². The first-order valence-corrected chi connectivity index (χ1v) is 8.88. The van der Waals surface area contributed by atoms with Gasteiger partial charge in [0.1, 0.15) is 11.5 Å². The third-order valence-electron chi connectivity index (χ3n) is 4.29. The second-order valence-electron chi connectivity index (χ2n) is 6.07. The molecule has 0 bridgehead atoms. The molecule has 2 N–H and O–H groups in total. The first kappa shape index (κ1) is 20.1. The summed E-state index contributed by atoms with van der Waals surface area (Å²) in [4.78, 5) is 15.9. The topological polar surface area (TPSA) is 90.9 Å². The Bertz CT molecular complexity index is 1020. The number of aromatic nitrogens is 1. The van der Waals surface area contributed by atoms with E-state index in [1.807, 2.05) is 24.3 Å². The first-order chi connectivity index (χ1) is 14.1. The van der Waals surface area contributed by atoms with Gasteiger partial charge in [-0.1, -0.05) is 0 Å². The van der Waals surface area contributed by atoms with Gasteiger partial charge in [-0.2, -0.15) is 0 Å². The van der Waals surface area contributed by atoms with Crippen LogP contribution in [0.15, 0.2) is 42.6 Å². The molecule has 0 fully saturated rings. The fourth-order valence-corrected chi connectivity index (χ4v) is 2.80. The van der Waals surface area contributed by atoms with Crippen LogP contribution in [0.2, 0.25) is 0 Å². The van der Waals surface area contributed by atoms with Gasteiger partial charge in [-0.05, 0) is 12.1 Å². The summed E-state index contributed by atoms with van der Waals surface area (Å²) in [6.07, 6.45) is 1.71. The fraction of sp³-hybridized carbons (Fsp3) is 0.238. The van der Waals surface area contributed by atoms with Crippen LogP contribution in [0.25, 0.3) is 10.9 Å². The van der Waals surface area contributed by atoms with Crippen LogP contribution in [0.3, 0.4) is 0 Å². The number of carbonyl (C=O) groups is 1. The van der Waals surface area contributed by atoms with Crippen LogP contribution >= 0.6 is 0 Å². The SMILES string of the molecule is CNC(=O)COc1cc(Nc2ccnc3cc(OC)c(OC)cc23)cc(OC)c1. The number of anilines is 2. The number of pyridine rings is 1. The molecule has 1 aromatic heterocycles. The average Bonchev–Trinajstić information content (AvgIpc) is 2.76. The zero-order valence-corrected chi connectivity index (χ0v) is 16.7. The third kappa shape index (κ3) is 4.60. The maximum Gasteiger partial charge on any atom is 0.257 e. The van der Waals surface area contributed by atoms with Crippen LogP contribution in [0.1, 0.15) is 0 Å². The molecule has 0 radical (unpaired) electrons. The molecule has 0 spiro atoms. The van der Waals surface area contributed by atoms with E-state index in [-0.39, 0.29) is 12.5 Å². The summed E-state index contributed by atoms with van der Waals surface area (Å²) in [7, 11) is 6.30. The number of hydrogen-bond acceptors (Lipinski definition) is 7. The van der Waals surface area contributed by atoms with Crippen molar-refractivity contribution in [3.8, 4) is 23.0 Å². The van der Waals surface area contributed by atoms with Crippen molar-refractivity contribution in [1.82, 2.24) is 10.3 Å². The van der Waals surface area contributed by atoms with E-state index in [0.29, 0.717) is 23.0 Å². The number of benzene rings is 2. The second kappa shape index (κ2) is 9.01. The van der Waals surface area contributed by atoms with Gasteiger partial charge in [-0.15, -0.1) is 0 Å². The predicted octanol–water partition coefficient (Wildman–Crippen LogP) is 3.13. The number of fused-ring (bicyclic) bond motifs is 1. The van der Waals surface area contributed by atoms with Gasteiger partial charge in [0, 0.05) is 54.3 Å². The van der Waals surface area contributed by atoms with Gasteiger partial charge < -0.3 is 29.6 Å². The summed E-state index contributed by atoms with van der Waals surface area (Å²) < 4.78 is 21.7. The molecule has 3 aromatic rings. The van der Waals surface area contributed by atoms with Gasteiger partial charge >= 0.3 is 0 Å². The van der Waals surface area contributed by atoms with E-state index < -0.39 is 0 Å². The van der Waals surface area contributed by atoms with Crippen LogP contribution in [0.5, 0.6) is 23.0 Å². The maximum atomic E-state index is 11.5. The highest BCUT2D eigenvalue weighted by atomic mass is 16.5. The quantitative estimate of drug-likeness (QED) is 0.603. The van der Waals surface area contributed by atoms with E-state index in [0.717, 1.165) is 22.3 Å². The third-order valence-corrected chi connectivity index (χ3v) is 4.29. The van der Waals surface area contributed by atoms with E-state index in [4.69, 9.17) is 18.9 Å². The van der Waals surface area contributed by atoms with Gasteiger partial charge in [0.2, 0.25) is 0 Å². The van der Waals surface area contributed by atoms with Crippen molar-refractivity contribution < 1.29 is 23.7 Å². The smallest absolute Gasteiger partial charge is 0.257 e. The lowest BCUT2D eigenvalue weighted by atomic mass is 10.1. The predicted molar refractivity (Wildman–Crippen MR) is 111 cm³/mol. The number of ether oxygens (including phenoxy) is 4. The Balaban J connectivity index is 1.96. The van der Waals surface area contributed by atoms with Crippen molar-refractivity contribution in [2.24, 2.45) is 0 Å². The van der Waals surface area contributed by atoms with Gasteiger partial charge in [0.15, 0.2) is 18.1 Å². The van der Waals surface area contributed by atoms with E-state index in [1.54, 1.807) is 46.7 Å².